The number of aryl methyl sites for hydroxylation is 1. The lowest BCUT2D eigenvalue weighted by Gasteiger charge is -2.22. The zero-order valence-electron chi connectivity index (χ0n) is 23.6. The highest BCUT2D eigenvalue weighted by molar-refractivity contribution is 8.01. The molecule has 3 aromatic rings. The molecular formula is C29H44N6OS. The van der Waals surface area contributed by atoms with E-state index in [-0.39, 0.29) is 5.91 Å². The standard InChI is InChI=1S/C20H24N6O.C4H8S.C3H6.C2H6/c1-3-25-9-4-5-16(25)12-22-20(27)15-6-8-21-18(11-15)17-13-23-26-10-7-14(2)24-19(17)26;1-3-4-5-2;1-3-2;1-2/h6-8,10-11,13,16H,3-5,9,12H2,1-2H3,(H,22,27);3-4H,1-2H3;3H,1H2,2H3;1-2H3/b;4-3-;;. The van der Waals surface area contributed by atoms with Gasteiger partial charge in [0.2, 0.25) is 0 Å². The number of pyridine rings is 1. The Morgan fingerprint density at radius 3 is 2.65 bits per heavy atom. The highest BCUT2D eigenvalue weighted by Gasteiger charge is 2.23. The number of hydrogen-bond donors (Lipinski definition) is 1. The van der Waals surface area contributed by atoms with Crippen molar-refractivity contribution in [3.05, 3.63) is 72.2 Å². The smallest absolute Gasteiger partial charge is 0.251 e. The number of allylic oxidation sites excluding steroid dienone is 2. The zero-order chi connectivity index (χ0) is 27.6. The molecule has 7 nitrogen and oxygen atoms in total. The molecule has 0 aromatic carbocycles. The lowest BCUT2D eigenvalue weighted by molar-refractivity contribution is 0.0941. The van der Waals surface area contributed by atoms with Gasteiger partial charge in [-0.2, -0.15) is 5.10 Å². The summed E-state index contributed by atoms with van der Waals surface area (Å²) < 4.78 is 1.72. The molecule has 0 spiro atoms. The molecule has 1 aliphatic heterocycles. The number of likely N-dealkylation sites (tertiary alicyclic amines) is 1. The van der Waals surface area contributed by atoms with Crippen molar-refractivity contribution >= 4 is 23.3 Å². The van der Waals surface area contributed by atoms with Gasteiger partial charge in [-0.1, -0.05) is 32.9 Å². The third kappa shape index (κ3) is 10.1. The van der Waals surface area contributed by atoms with Gasteiger partial charge in [0, 0.05) is 36.2 Å². The van der Waals surface area contributed by atoms with E-state index in [2.05, 4.69) is 38.8 Å². The van der Waals surface area contributed by atoms with Gasteiger partial charge in [0.05, 0.1) is 17.5 Å². The lowest BCUT2D eigenvalue weighted by Crippen LogP contribution is -2.40. The van der Waals surface area contributed by atoms with Gasteiger partial charge in [-0.05, 0) is 76.6 Å². The number of nitrogens with zero attached hydrogens (tertiary/aromatic N) is 5. The second kappa shape index (κ2) is 18.3. The van der Waals surface area contributed by atoms with Crippen molar-refractivity contribution in [2.45, 2.75) is 60.4 Å². The van der Waals surface area contributed by atoms with Crippen LogP contribution in [0.1, 0.15) is 63.5 Å². The first kappa shape index (κ1) is 32.1. The lowest BCUT2D eigenvalue weighted by atomic mass is 10.1. The SMILES string of the molecule is C/C=C\SC.C=CC.CC.CCN1CCCC1CNC(=O)c1ccnc(-c2cnn3ccc(C)nc23)c1. The fourth-order valence-electron chi connectivity index (χ4n) is 3.85. The maximum atomic E-state index is 12.6. The summed E-state index contributed by atoms with van der Waals surface area (Å²) in [5.74, 6) is -0.0674. The van der Waals surface area contributed by atoms with E-state index in [9.17, 15) is 4.79 Å². The van der Waals surface area contributed by atoms with E-state index in [0.29, 0.717) is 23.8 Å². The van der Waals surface area contributed by atoms with Crippen LogP contribution in [0.15, 0.2) is 60.9 Å². The molecule has 4 rings (SSSR count). The number of aromatic nitrogens is 4. The van der Waals surface area contributed by atoms with Crippen molar-refractivity contribution in [2.24, 2.45) is 0 Å². The fraction of sp³-hybridized carbons (Fsp3) is 0.448. The Morgan fingerprint density at radius 1 is 1.30 bits per heavy atom. The van der Waals surface area contributed by atoms with E-state index < -0.39 is 0 Å². The van der Waals surface area contributed by atoms with Crippen molar-refractivity contribution < 1.29 is 4.79 Å². The predicted molar refractivity (Wildman–Crippen MR) is 159 cm³/mol. The number of nitrogens with one attached hydrogen (secondary N) is 1. The molecule has 0 radical (unpaired) electrons. The second-order valence-electron chi connectivity index (χ2n) is 8.07. The summed E-state index contributed by atoms with van der Waals surface area (Å²) in [6, 6.07) is 5.90. The minimum atomic E-state index is -0.0674. The Kier molecular flexibility index (Phi) is 15.9. The number of likely N-dealkylation sites (N-methyl/N-ethyl adjacent to an activating group) is 1. The highest BCUT2D eigenvalue weighted by Crippen LogP contribution is 2.22. The van der Waals surface area contributed by atoms with Crippen molar-refractivity contribution in [1.29, 1.82) is 0 Å². The van der Waals surface area contributed by atoms with Crippen LogP contribution in [-0.2, 0) is 0 Å². The second-order valence-corrected chi connectivity index (χ2v) is 8.82. The summed E-state index contributed by atoms with van der Waals surface area (Å²) in [5.41, 5.74) is 3.78. The van der Waals surface area contributed by atoms with Gasteiger partial charge in [-0.25, -0.2) is 9.50 Å². The van der Waals surface area contributed by atoms with Crippen molar-refractivity contribution in [2.75, 3.05) is 25.9 Å². The Balaban J connectivity index is 0.000000594. The van der Waals surface area contributed by atoms with Gasteiger partial charge in [0.25, 0.3) is 5.91 Å². The number of amides is 1. The molecule has 3 aromatic heterocycles. The third-order valence-corrected chi connectivity index (χ3v) is 6.03. The van der Waals surface area contributed by atoms with Crippen LogP contribution in [0.3, 0.4) is 0 Å². The van der Waals surface area contributed by atoms with Crippen molar-refractivity contribution in [3.63, 3.8) is 0 Å². The molecule has 0 bridgehead atoms. The van der Waals surface area contributed by atoms with Gasteiger partial charge in [-0.15, -0.1) is 18.3 Å². The highest BCUT2D eigenvalue weighted by atomic mass is 32.2. The van der Waals surface area contributed by atoms with Crippen molar-refractivity contribution in [3.8, 4) is 11.3 Å². The fourth-order valence-corrected chi connectivity index (χ4v) is 4.12. The summed E-state index contributed by atoms with van der Waals surface area (Å²) in [7, 11) is 0. The van der Waals surface area contributed by atoms with E-state index in [1.54, 1.807) is 40.8 Å². The number of fused-ring (bicyclic) bond motifs is 1. The molecule has 4 heterocycles. The molecule has 1 saturated heterocycles. The summed E-state index contributed by atoms with van der Waals surface area (Å²) in [4.78, 5) is 24.0. The van der Waals surface area contributed by atoms with Gasteiger partial charge in [0.1, 0.15) is 0 Å². The maximum Gasteiger partial charge on any atom is 0.251 e. The molecule has 1 aliphatic rings. The average Bonchev–Trinajstić information content (AvgIpc) is 3.56. The zero-order valence-corrected chi connectivity index (χ0v) is 24.4. The molecule has 1 fully saturated rings. The summed E-state index contributed by atoms with van der Waals surface area (Å²) in [6.45, 7) is 18.2. The number of thioether (sulfide) groups is 1. The molecule has 1 amide bonds. The molecule has 37 heavy (non-hydrogen) atoms. The molecule has 0 aliphatic carbocycles. The topological polar surface area (TPSA) is 75.4 Å². The van der Waals surface area contributed by atoms with Crippen LogP contribution in [0.25, 0.3) is 16.9 Å². The first-order chi connectivity index (χ1) is 18.0. The number of carbonyl (C=O) groups excluding carboxylic acids is 1. The Hall–Kier alpha value is -2.97. The number of carbonyl (C=O) groups is 1. The van der Waals surface area contributed by atoms with Crippen LogP contribution in [0, 0.1) is 6.92 Å². The van der Waals surface area contributed by atoms with Gasteiger partial charge >= 0.3 is 0 Å². The van der Waals surface area contributed by atoms with E-state index in [4.69, 9.17) is 0 Å². The molecular weight excluding hydrogens is 480 g/mol. The Bertz CT molecular complexity index is 1110. The third-order valence-electron chi connectivity index (χ3n) is 5.48. The quantitative estimate of drug-likeness (QED) is 0.375. The predicted octanol–water partition coefficient (Wildman–Crippen LogP) is 6.42. The first-order valence-corrected chi connectivity index (χ1v) is 14.3. The Morgan fingerprint density at radius 2 is 2.03 bits per heavy atom. The summed E-state index contributed by atoms with van der Waals surface area (Å²) >= 11 is 1.72. The van der Waals surface area contributed by atoms with Crippen LogP contribution >= 0.6 is 11.8 Å². The Labute approximate surface area is 227 Å². The minimum absolute atomic E-state index is 0.0674. The van der Waals surface area contributed by atoms with E-state index in [1.807, 2.05) is 70.7 Å². The molecule has 0 saturated carbocycles. The number of hydrogen-bond acceptors (Lipinski definition) is 6. The minimum Gasteiger partial charge on any atom is -0.350 e. The molecule has 1 N–H and O–H groups in total. The first-order valence-electron chi connectivity index (χ1n) is 13.0. The van der Waals surface area contributed by atoms with E-state index in [1.165, 1.54) is 6.42 Å². The van der Waals surface area contributed by atoms with Crippen LogP contribution < -0.4 is 5.32 Å². The monoisotopic (exact) mass is 524 g/mol. The van der Waals surface area contributed by atoms with Crippen LogP contribution in [0.5, 0.6) is 0 Å². The molecule has 1 atom stereocenters. The largest absolute Gasteiger partial charge is 0.350 e. The molecule has 202 valence electrons. The van der Waals surface area contributed by atoms with Crippen LogP contribution in [-0.4, -0.2) is 62.3 Å². The van der Waals surface area contributed by atoms with Gasteiger partial charge in [-0.3, -0.25) is 14.7 Å². The van der Waals surface area contributed by atoms with Crippen LogP contribution in [0.4, 0.5) is 0 Å². The number of rotatable bonds is 6. The molecule has 1 unspecified atom stereocenters. The van der Waals surface area contributed by atoms with Gasteiger partial charge < -0.3 is 5.32 Å². The maximum absolute atomic E-state index is 12.6. The van der Waals surface area contributed by atoms with Gasteiger partial charge in [0.15, 0.2) is 5.65 Å². The normalized spacial score (nSPS) is 14.6. The van der Waals surface area contributed by atoms with Crippen molar-refractivity contribution in [1.82, 2.24) is 29.8 Å². The molecule has 8 heteroatoms. The van der Waals surface area contributed by atoms with E-state index >= 15 is 0 Å². The summed E-state index contributed by atoms with van der Waals surface area (Å²) in [6.07, 6.45) is 13.4. The average molecular weight is 525 g/mol. The van der Waals surface area contributed by atoms with Crippen LogP contribution in [0.2, 0.25) is 0 Å². The summed E-state index contributed by atoms with van der Waals surface area (Å²) in [5, 5.41) is 9.45. The van der Waals surface area contributed by atoms with E-state index in [0.717, 1.165) is 36.4 Å².